The molecule has 0 saturated carbocycles. The lowest BCUT2D eigenvalue weighted by atomic mass is 10.2. The SMILES string of the molecule is Cc1nc2c3ccccc3nc(SCc3nc(-c4ccsc4)no3)n2n1. The van der Waals surface area contributed by atoms with Gasteiger partial charge < -0.3 is 4.52 Å². The molecule has 0 aliphatic carbocycles. The smallest absolute Gasteiger partial charge is 0.237 e. The normalized spacial score (nSPS) is 11.6. The third kappa shape index (κ3) is 2.65. The quantitative estimate of drug-likeness (QED) is 0.344. The van der Waals surface area contributed by atoms with Crippen LogP contribution in [0.15, 0.2) is 50.8 Å². The van der Waals surface area contributed by atoms with E-state index in [1.165, 1.54) is 11.8 Å². The average Bonchev–Trinajstić information content (AvgIpc) is 3.39. The Kier molecular flexibility index (Phi) is 3.68. The van der Waals surface area contributed by atoms with Crippen LogP contribution in [0, 0.1) is 6.92 Å². The molecule has 1 aromatic carbocycles. The lowest BCUT2D eigenvalue weighted by molar-refractivity contribution is 0.391. The monoisotopic (exact) mass is 380 g/mol. The van der Waals surface area contributed by atoms with Crippen molar-refractivity contribution in [1.82, 2.24) is 29.7 Å². The predicted octanol–water partition coefficient (Wildman–Crippen LogP) is 3.99. The van der Waals surface area contributed by atoms with Gasteiger partial charge in [-0.1, -0.05) is 29.1 Å². The van der Waals surface area contributed by atoms with E-state index < -0.39 is 0 Å². The first-order chi connectivity index (χ1) is 12.8. The largest absolute Gasteiger partial charge is 0.338 e. The zero-order valence-corrected chi connectivity index (χ0v) is 15.3. The molecular weight excluding hydrogens is 368 g/mol. The van der Waals surface area contributed by atoms with Gasteiger partial charge in [-0.25, -0.2) is 9.97 Å². The van der Waals surface area contributed by atoms with E-state index in [4.69, 9.17) is 9.51 Å². The number of fused-ring (bicyclic) bond motifs is 3. The molecule has 5 aromatic rings. The fourth-order valence-electron chi connectivity index (χ4n) is 2.68. The molecule has 4 heterocycles. The summed E-state index contributed by atoms with van der Waals surface area (Å²) in [5.41, 5.74) is 2.66. The minimum Gasteiger partial charge on any atom is -0.338 e. The van der Waals surface area contributed by atoms with E-state index in [-0.39, 0.29) is 0 Å². The first-order valence-corrected chi connectivity index (χ1v) is 9.81. The van der Waals surface area contributed by atoms with E-state index in [0.29, 0.717) is 23.3 Å². The molecule has 5 rings (SSSR count). The van der Waals surface area contributed by atoms with Crippen LogP contribution in [0.1, 0.15) is 11.7 Å². The third-order valence-corrected chi connectivity index (χ3v) is 5.42. The van der Waals surface area contributed by atoms with Crippen LogP contribution in [0.2, 0.25) is 0 Å². The summed E-state index contributed by atoms with van der Waals surface area (Å²) in [6.45, 7) is 1.88. The third-order valence-electron chi connectivity index (χ3n) is 3.83. The second kappa shape index (κ2) is 6.19. The molecule has 0 bridgehead atoms. The van der Waals surface area contributed by atoms with E-state index in [1.807, 2.05) is 48.0 Å². The molecule has 0 N–H and O–H groups in total. The van der Waals surface area contributed by atoms with E-state index in [9.17, 15) is 0 Å². The molecule has 0 atom stereocenters. The van der Waals surface area contributed by atoms with Gasteiger partial charge in [0.15, 0.2) is 10.8 Å². The van der Waals surface area contributed by atoms with Gasteiger partial charge in [0.25, 0.3) is 0 Å². The lowest BCUT2D eigenvalue weighted by Crippen LogP contribution is -1.98. The van der Waals surface area contributed by atoms with Crippen LogP contribution >= 0.6 is 23.1 Å². The summed E-state index contributed by atoms with van der Waals surface area (Å²) in [6.07, 6.45) is 0. The van der Waals surface area contributed by atoms with Crippen LogP contribution in [0.4, 0.5) is 0 Å². The Morgan fingerprint density at radius 1 is 1.15 bits per heavy atom. The average molecular weight is 380 g/mol. The summed E-state index contributed by atoms with van der Waals surface area (Å²) in [4.78, 5) is 13.7. The minimum atomic E-state index is 0.510. The molecule has 0 aliphatic heterocycles. The first kappa shape index (κ1) is 15.5. The highest BCUT2D eigenvalue weighted by Gasteiger charge is 2.14. The molecule has 0 saturated heterocycles. The zero-order chi connectivity index (χ0) is 17.5. The Balaban J connectivity index is 1.49. The van der Waals surface area contributed by atoms with Crippen molar-refractivity contribution in [2.24, 2.45) is 0 Å². The van der Waals surface area contributed by atoms with E-state index in [0.717, 1.165) is 27.3 Å². The van der Waals surface area contributed by atoms with Gasteiger partial charge in [0.05, 0.1) is 11.3 Å². The van der Waals surface area contributed by atoms with Crippen molar-refractivity contribution in [3.63, 3.8) is 0 Å². The van der Waals surface area contributed by atoms with Crippen LogP contribution < -0.4 is 0 Å². The van der Waals surface area contributed by atoms with Crippen molar-refractivity contribution in [2.75, 3.05) is 0 Å². The molecule has 9 heteroatoms. The highest BCUT2D eigenvalue weighted by atomic mass is 32.2. The van der Waals surface area contributed by atoms with Gasteiger partial charge in [0.1, 0.15) is 5.82 Å². The number of nitrogens with zero attached hydrogens (tertiary/aromatic N) is 6. The molecule has 0 amide bonds. The van der Waals surface area contributed by atoms with Gasteiger partial charge in [-0.3, -0.25) is 0 Å². The Labute approximate surface area is 156 Å². The fraction of sp³-hybridized carbons (Fsp3) is 0.118. The number of hydrogen-bond donors (Lipinski definition) is 0. The van der Waals surface area contributed by atoms with Gasteiger partial charge in [-0.05, 0) is 30.5 Å². The highest BCUT2D eigenvalue weighted by molar-refractivity contribution is 7.98. The van der Waals surface area contributed by atoms with Gasteiger partial charge in [0.2, 0.25) is 11.7 Å². The van der Waals surface area contributed by atoms with E-state index in [2.05, 4.69) is 20.2 Å². The molecule has 0 radical (unpaired) electrons. The Hall–Kier alpha value is -2.78. The summed E-state index contributed by atoms with van der Waals surface area (Å²) in [5.74, 6) is 2.38. The van der Waals surface area contributed by atoms with Gasteiger partial charge in [-0.15, -0.1) is 5.10 Å². The zero-order valence-electron chi connectivity index (χ0n) is 13.7. The fourth-order valence-corrected chi connectivity index (χ4v) is 4.09. The topological polar surface area (TPSA) is 82.0 Å². The number of aryl methyl sites for hydroxylation is 1. The van der Waals surface area contributed by atoms with Crippen LogP contribution in [0.25, 0.3) is 27.9 Å². The summed E-state index contributed by atoms with van der Waals surface area (Å²) in [7, 11) is 0. The van der Waals surface area contributed by atoms with Crippen LogP contribution in [0.5, 0.6) is 0 Å². The second-order valence-electron chi connectivity index (χ2n) is 5.62. The molecule has 26 heavy (non-hydrogen) atoms. The Bertz CT molecular complexity index is 1210. The minimum absolute atomic E-state index is 0.510. The summed E-state index contributed by atoms with van der Waals surface area (Å²) in [6, 6.07) is 9.90. The molecule has 0 spiro atoms. The lowest BCUT2D eigenvalue weighted by Gasteiger charge is -2.04. The van der Waals surface area contributed by atoms with E-state index >= 15 is 0 Å². The number of hydrogen-bond acceptors (Lipinski definition) is 8. The Morgan fingerprint density at radius 3 is 2.96 bits per heavy atom. The Morgan fingerprint density at radius 2 is 2.08 bits per heavy atom. The van der Waals surface area contributed by atoms with Crippen molar-refractivity contribution in [1.29, 1.82) is 0 Å². The van der Waals surface area contributed by atoms with E-state index in [1.54, 1.807) is 15.9 Å². The maximum atomic E-state index is 5.36. The number of aromatic nitrogens is 6. The van der Waals surface area contributed by atoms with Gasteiger partial charge >= 0.3 is 0 Å². The molecule has 4 aromatic heterocycles. The number of thiophene rings is 1. The maximum Gasteiger partial charge on any atom is 0.237 e. The van der Waals surface area contributed by atoms with Crippen molar-refractivity contribution in [2.45, 2.75) is 17.8 Å². The molecular formula is C17H12N6OS2. The highest BCUT2D eigenvalue weighted by Crippen LogP contribution is 2.27. The van der Waals surface area contributed by atoms with Crippen LogP contribution in [0.3, 0.4) is 0 Å². The number of rotatable bonds is 4. The molecule has 0 unspecified atom stereocenters. The number of thioether (sulfide) groups is 1. The van der Waals surface area contributed by atoms with Crippen molar-refractivity contribution in [3.8, 4) is 11.4 Å². The first-order valence-electron chi connectivity index (χ1n) is 7.88. The van der Waals surface area contributed by atoms with Gasteiger partial charge in [-0.2, -0.15) is 20.8 Å². The molecule has 128 valence electrons. The molecule has 0 aliphatic rings. The van der Waals surface area contributed by atoms with Crippen LogP contribution in [-0.4, -0.2) is 29.7 Å². The number of benzene rings is 1. The van der Waals surface area contributed by atoms with Crippen molar-refractivity contribution in [3.05, 3.63) is 52.8 Å². The summed E-state index contributed by atoms with van der Waals surface area (Å²) >= 11 is 3.10. The van der Waals surface area contributed by atoms with Gasteiger partial charge in [0, 0.05) is 16.3 Å². The van der Waals surface area contributed by atoms with Crippen molar-refractivity contribution < 1.29 is 4.52 Å². The maximum absolute atomic E-state index is 5.36. The number of para-hydroxylation sites is 1. The summed E-state index contributed by atoms with van der Waals surface area (Å²) < 4.78 is 7.14. The van der Waals surface area contributed by atoms with Crippen LogP contribution in [-0.2, 0) is 5.75 Å². The summed E-state index contributed by atoms with van der Waals surface area (Å²) in [5, 5.41) is 14.2. The van der Waals surface area contributed by atoms with Crippen molar-refractivity contribution >= 4 is 39.6 Å². The predicted molar refractivity (Wildman–Crippen MR) is 100 cm³/mol. The molecule has 7 nitrogen and oxygen atoms in total. The second-order valence-corrected chi connectivity index (χ2v) is 7.34. The molecule has 0 fully saturated rings. The standard InChI is InChI=1S/C17H12N6OS2/c1-10-18-16-12-4-2-3-5-13(12)19-17(23(16)21-10)26-9-14-20-15(22-24-14)11-6-7-25-8-11/h2-8H,9H2,1H3.